The quantitative estimate of drug-likeness (QED) is 0.347. The van der Waals surface area contributed by atoms with E-state index in [0.717, 1.165) is 43.8 Å². The molecule has 4 rings (SSSR count). The minimum Gasteiger partial charge on any atom is -0.494 e. The van der Waals surface area contributed by atoms with Crippen LogP contribution < -0.4 is 4.74 Å². The van der Waals surface area contributed by atoms with Crippen molar-refractivity contribution < 1.29 is 9.53 Å². The van der Waals surface area contributed by atoms with Gasteiger partial charge in [0.1, 0.15) is 5.75 Å². The Morgan fingerprint density at radius 2 is 1.65 bits per heavy atom. The van der Waals surface area contributed by atoms with E-state index in [-0.39, 0.29) is 11.9 Å². The molecule has 1 saturated heterocycles. The number of amides is 1. The Hall–Kier alpha value is -2.53. The van der Waals surface area contributed by atoms with Gasteiger partial charge in [-0.1, -0.05) is 65.7 Å². The van der Waals surface area contributed by atoms with Crippen molar-refractivity contribution >= 4 is 29.1 Å². The Morgan fingerprint density at radius 3 is 2.29 bits per heavy atom. The highest BCUT2D eigenvalue weighted by Crippen LogP contribution is 2.27. The molecule has 0 aromatic heterocycles. The molecule has 0 spiro atoms. The maximum atomic E-state index is 13.6. The molecule has 0 aliphatic carbocycles. The van der Waals surface area contributed by atoms with Crippen molar-refractivity contribution in [3.63, 3.8) is 0 Å². The molecule has 6 heteroatoms. The smallest absolute Gasteiger partial charge is 0.254 e. The first kappa shape index (κ1) is 24.6. The monoisotopic (exact) mass is 496 g/mol. The predicted molar refractivity (Wildman–Crippen MR) is 139 cm³/mol. The second-order valence-corrected chi connectivity index (χ2v) is 9.45. The third-order valence-electron chi connectivity index (χ3n) is 6.26. The second kappa shape index (κ2) is 11.7. The van der Waals surface area contributed by atoms with E-state index < -0.39 is 0 Å². The third kappa shape index (κ3) is 6.32. The Morgan fingerprint density at radius 1 is 0.941 bits per heavy atom. The molecule has 0 unspecified atom stereocenters. The summed E-state index contributed by atoms with van der Waals surface area (Å²) in [4.78, 5) is 18.1. The van der Waals surface area contributed by atoms with Crippen molar-refractivity contribution in [3.05, 3.63) is 99.5 Å². The zero-order chi connectivity index (χ0) is 23.9. The van der Waals surface area contributed by atoms with E-state index in [1.807, 2.05) is 42.2 Å². The fraction of sp³-hybridized carbons (Fsp3) is 0.321. The summed E-state index contributed by atoms with van der Waals surface area (Å²) in [5.41, 5.74) is 2.95. The Labute approximate surface area is 212 Å². The van der Waals surface area contributed by atoms with Crippen molar-refractivity contribution in [3.8, 4) is 5.75 Å². The summed E-state index contributed by atoms with van der Waals surface area (Å²) in [6, 6.07) is 23.8. The van der Waals surface area contributed by atoms with Gasteiger partial charge < -0.3 is 9.64 Å². The Balaban J connectivity index is 1.50. The molecule has 1 amide bonds. The lowest BCUT2D eigenvalue weighted by molar-refractivity contribution is 0.0543. The van der Waals surface area contributed by atoms with E-state index in [0.29, 0.717) is 28.8 Å². The summed E-state index contributed by atoms with van der Waals surface area (Å²) in [7, 11) is 0. The average molecular weight is 497 g/mol. The van der Waals surface area contributed by atoms with Crippen LogP contribution in [0.1, 0.15) is 41.3 Å². The van der Waals surface area contributed by atoms with Gasteiger partial charge in [0.25, 0.3) is 5.91 Å². The van der Waals surface area contributed by atoms with Gasteiger partial charge in [-0.25, -0.2) is 0 Å². The number of benzene rings is 3. The molecule has 1 aliphatic heterocycles. The fourth-order valence-electron chi connectivity index (χ4n) is 4.45. The number of halogens is 2. The van der Waals surface area contributed by atoms with Gasteiger partial charge in [0, 0.05) is 37.8 Å². The molecule has 1 aliphatic rings. The van der Waals surface area contributed by atoms with Crippen molar-refractivity contribution in [2.45, 2.75) is 38.9 Å². The number of rotatable bonds is 8. The molecule has 3 aromatic rings. The van der Waals surface area contributed by atoms with Crippen LogP contribution in [0, 0.1) is 0 Å². The van der Waals surface area contributed by atoms with Crippen LogP contribution in [0.4, 0.5) is 0 Å². The summed E-state index contributed by atoms with van der Waals surface area (Å²) in [5, 5.41) is 0.844. The molecular formula is C28H30Cl2N2O2. The van der Waals surface area contributed by atoms with Gasteiger partial charge in [0.2, 0.25) is 0 Å². The molecule has 178 valence electrons. The van der Waals surface area contributed by atoms with Gasteiger partial charge in [-0.15, -0.1) is 0 Å². The number of hydrogen-bond acceptors (Lipinski definition) is 3. The van der Waals surface area contributed by atoms with E-state index in [4.69, 9.17) is 27.9 Å². The molecule has 34 heavy (non-hydrogen) atoms. The first-order chi connectivity index (χ1) is 16.5. The summed E-state index contributed by atoms with van der Waals surface area (Å²) in [6.45, 7) is 5.97. The number of carbonyl (C=O) groups excluding carboxylic acids is 1. The highest BCUT2D eigenvalue weighted by atomic mass is 35.5. The van der Waals surface area contributed by atoms with E-state index in [1.165, 1.54) is 5.56 Å². The summed E-state index contributed by atoms with van der Waals surface area (Å²) < 4.78 is 5.57. The van der Waals surface area contributed by atoms with Crippen LogP contribution in [-0.4, -0.2) is 41.4 Å². The van der Waals surface area contributed by atoms with Crippen LogP contribution in [0.5, 0.6) is 5.75 Å². The van der Waals surface area contributed by atoms with Gasteiger partial charge in [-0.2, -0.15) is 0 Å². The third-order valence-corrected chi connectivity index (χ3v) is 7.00. The average Bonchev–Trinajstić information content (AvgIpc) is 2.86. The van der Waals surface area contributed by atoms with Crippen LogP contribution in [0.3, 0.4) is 0 Å². The first-order valence-electron chi connectivity index (χ1n) is 11.8. The van der Waals surface area contributed by atoms with Crippen LogP contribution in [0.25, 0.3) is 0 Å². The predicted octanol–water partition coefficient (Wildman–Crippen LogP) is 6.70. The number of carbonyl (C=O) groups is 1. The summed E-state index contributed by atoms with van der Waals surface area (Å²) >= 11 is 12.3. The van der Waals surface area contributed by atoms with E-state index >= 15 is 0 Å². The fourth-order valence-corrected chi connectivity index (χ4v) is 4.74. The molecule has 0 atom stereocenters. The van der Waals surface area contributed by atoms with Gasteiger partial charge in [-0.3, -0.25) is 9.69 Å². The lowest BCUT2D eigenvalue weighted by atomic mass is 10.00. The van der Waals surface area contributed by atoms with E-state index in [1.54, 1.807) is 18.2 Å². The number of ether oxygens (including phenoxy) is 1. The zero-order valence-electron chi connectivity index (χ0n) is 19.4. The van der Waals surface area contributed by atoms with Crippen molar-refractivity contribution in [2.24, 2.45) is 0 Å². The Kier molecular flexibility index (Phi) is 8.49. The molecule has 0 N–H and O–H groups in total. The van der Waals surface area contributed by atoms with E-state index in [9.17, 15) is 4.79 Å². The first-order valence-corrected chi connectivity index (χ1v) is 12.5. The number of nitrogens with zero attached hydrogens (tertiary/aromatic N) is 2. The topological polar surface area (TPSA) is 32.8 Å². The lowest BCUT2D eigenvalue weighted by Gasteiger charge is -2.39. The van der Waals surface area contributed by atoms with Crippen LogP contribution >= 0.6 is 23.2 Å². The Bertz CT molecular complexity index is 1080. The second-order valence-electron chi connectivity index (χ2n) is 8.63. The molecule has 3 aromatic carbocycles. The van der Waals surface area contributed by atoms with Crippen LogP contribution in [0.15, 0.2) is 72.8 Å². The molecule has 1 fully saturated rings. The van der Waals surface area contributed by atoms with Crippen LogP contribution in [-0.2, 0) is 13.1 Å². The molecule has 1 heterocycles. The molecule has 0 radical (unpaired) electrons. The van der Waals surface area contributed by atoms with Gasteiger partial charge in [0.15, 0.2) is 0 Å². The molecular weight excluding hydrogens is 467 g/mol. The number of likely N-dealkylation sites (tertiary alicyclic amines) is 1. The maximum absolute atomic E-state index is 13.6. The standard InChI is InChI=1S/C28H30Cl2N2O2/c1-2-34-25-11-8-22(9-12-25)20-32(28(33)23-10-13-26(29)27(30)18-23)24-14-16-31(17-15-24)19-21-6-4-3-5-7-21/h3-13,18,24H,2,14-17,19-20H2,1H3. The van der Waals surface area contributed by atoms with Gasteiger partial charge >= 0.3 is 0 Å². The normalized spacial score (nSPS) is 14.7. The zero-order valence-corrected chi connectivity index (χ0v) is 20.9. The van der Waals surface area contributed by atoms with Gasteiger partial charge in [-0.05, 0) is 61.2 Å². The SMILES string of the molecule is CCOc1ccc(CN(C(=O)c2ccc(Cl)c(Cl)c2)C2CCN(Cc3ccccc3)CC2)cc1. The summed E-state index contributed by atoms with van der Waals surface area (Å²) in [5.74, 6) is 0.816. The van der Waals surface area contributed by atoms with Gasteiger partial charge in [0.05, 0.1) is 16.7 Å². The summed E-state index contributed by atoms with van der Waals surface area (Å²) in [6.07, 6.45) is 1.86. The molecule has 0 bridgehead atoms. The van der Waals surface area contributed by atoms with Crippen molar-refractivity contribution in [1.82, 2.24) is 9.80 Å². The maximum Gasteiger partial charge on any atom is 0.254 e. The minimum atomic E-state index is -0.0195. The van der Waals surface area contributed by atoms with E-state index in [2.05, 4.69) is 29.2 Å². The molecule has 4 nitrogen and oxygen atoms in total. The highest BCUT2D eigenvalue weighted by Gasteiger charge is 2.29. The highest BCUT2D eigenvalue weighted by molar-refractivity contribution is 6.42. The van der Waals surface area contributed by atoms with Crippen LogP contribution in [0.2, 0.25) is 10.0 Å². The van der Waals surface area contributed by atoms with Crippen molar-refractivity contribution in [1.29, 1.82) is 0 Å². The number of hydrogen-bond donors (Lipinski definition) is 0. The lowest BCUT2D eigenvalue weighted by Crippen LogP contribution is -2.46. The number of piperidine rings is 1. The van der Waals surface area contributed by atoms with Crippen molar-refractivity contribution in [2.75, 3.05) is 19.7 Å². The minimum absolute atomic E-state index is 0.0195. The molecule has 0 saturated carbocycles. The largest absolute Gasteiger partial charge is 0.494 e.